The number of aliphatic hydroxyl groups excluding tert-OH is 1. The highest BCUT2D eigenvalue weighted by atomic mass is 16.3. The second-order valence-electron chi connectivity index (χ2n) is 6.98. The molecule has 4 heterocycles. The van der Waals surface area contributed by atoms with Gasteiger partial charge >= 0.3 is 0 Å². The molecule has 8 heteroatoms. The Morgan fingerprint density at radius 2 is 2.11 bits per heavy atom. The van der Waals surface area contributed by atoms with E-state index in [0.717, 1.165) is 54.4 Å². The Labute approximate surface area is 156 Å². The van der Waals surface area contributed by atoms with Crippen molar-refractivity contribution in [1.29, 1.82) is 0 Å². The highest BCUT2D eigenvalue weighted by Gasteiger charge is 2.23. The second-order valence-corrected chi connectivity index (χ2v) is 6.98. The van der Waals surface area contributed by atoms with Crippen molar-refractivity contribution in [3.63, 3.8) is 0 Å². The lowest BCUT2D eigenvalue weighted by molar-refractivity contribution is 0.194. The van der Waals surface area contributed by atoms with Crippen LogP contribution in [0.1, 0.15) is 29.0 Å². The summed E-state index contributed by atoms with van der Waals surface area (Å²) in [5.74, 6) is 0.972. The summed E-state index contributed by atoms with van der Waals surface area (Å²) in [5, 5.41) is 19.4. The monoisotopic (exact) mass is 363 g/mol. The number of fused-ring (bicyclic) bond motifs is 2. The van der Waals surface area contributed by atoms with Gasteiger partial charge in [0, 0.05) is 26.3 Å². The molecule has 2 N–H and O–H groups in total. The van der Waals surface area contributed by atoms with E-state index in [4.69, 9.17) is 0 Å². The fraction of sp³-hybridized carbons (Fsp3) is 0.316. The van der Waals surface area contributed by atoms with E-state index in [1.807, 2.05) is 48.1 Å². The number of benzene rings is 1. The first kappa shape index (κ1) is 16.2. The molecule has 0 aliphatic carbocycles. The Bertz CT molecular complexity index is 1060. The number of nitrogens with zero attached hydrogens (tertiary/aromatic N) is 6. The average molecular weight is 363 g/mol. The van der Waals surface area contributed by atoms with E-state index in [1.54, 1.807) is 10.9 Å². The maximum atomic E-state index is 10.6. The minimum Gasteiger partial charge on any atom is -0.380 e. The number of imidazole rings is 1. The number of para-hydroxylation sites is 2. The Hall–Kier alpha value is -2.97. The third kappa shape index (κ3) is 2.92. The highest BCUT2D eigenvalue weighted by Crippen LogP contribution is 2.24. The summed E-state index contributed by atoms with van der Waals surface area (Å²) in [7, 11) is 1.82. The number of rotatable bonds is 4. The lowest BCUT2D eigenvalue weighted by Crippen LogP contribution is -2.33. The van der Waals surface area contributed by atoms with Gasteiger partial charge in [0.15, 0.2) is 0 Å². The molecule has 138 valence electrons. The first-order valence-corrected chi connectivity index (χ1v) is 9.06. The van der Waals surface area contributed by atoms with E-state index in [-0.39, 0.29) is 0 Å². The van der Waals surface area contributed by atoms with Crippen molar-refractivity contribution in [2.24, 2.45) is 7.05 Å². The van der Waals surface area contributed by atoms with Crippen LogP contribution in [0.3, 0.4) is 0 Å². The smallest absolute Gasteiger partial charge is 0.139 e. The number of nitrogens with one attached hydrogen (secondary N) is 1. The number of H-pyrrole nitrogens is 1. The molecule has 8 nitrogen and oxygen atoms in total. The summed E-state index contributed by atoms with van der Waals surface area (Å²) in [6.07, 6.45) is 0.920. The molecule has 0 saturated carbocycles. The molecule has 3 aromatic heterocycles. The van der Waals surface area contributed by atoms with Crippen LogP contribution in [0.15, 0.2) is 42.6 Å². The largest absolute Gasteiger partial charge is 0.380 e. The van der Waals surface area contributed by atoms with E-state index < -0.39 is 6.10 Å². The fourth-order valence-electron chi connectivity index (χ4n) is 3.71. The SMILES string of the molecule is Cn1nccc1[C@@H](O)c1cc2n(n1)CCN(Cc1nc3ccccc3[nH]1)C2. The van der Waals surface area contributed by atoms with E-state index >= 15 is 0 Å². The Morgan fingerprint density at radius 1 is 1.22 bits per heavy atom. The van der Waals surface area contributed by atoms with Gasteiger partial charge in [-0.25, -0.2) is 4.98 Å². The third-order valence-electron chi connectivity index (χ3n) is 5.13. The van der Waals surface area contributed by atoms with Gasteiger partial charge in [-0.1, -0.05) is 12.1 Å². The lowest BCUT2D eigenvalue weighted by atomic mass is 10.1. The van der Waals surface area contributed by atoms with Crippen LogP contribution >= 0.6 is 0 Å². The molecule has 5 rings (SSSR count). The van der Waals surface area contributed by atoms with Crippen LogP contribution in [-0.2, 0) is 26.7 Å². The van der Waals surface area contributed by atoms with E-state index in [9.17, 15) is 5.11 Å². The molecule has 1 atom stereocenters. The normalized spacial score (nSPS) is 15.9. The molecule has 0 fully saturated rings. The molecule has 27 heavy (non-hydrogen) atoms. The van der Waals surface area contributed by atoms with Crippen molar-refractivity contribution >= 4 is 11.0 Å². The van der Waals surface area contributed by atoms with E-state index in [2.05, 4.69) is 25.1 Å². The summed E-state index contributed by atoms with van der Waals surface area (Å²) in [4.78, 5) is 10.4. The van der Waals surface area contributed by atoms with Gasteiger partial charge in [0.25, 0.3) is 0 Å². The molecule has 0 amide bonds. The average Bonchev–Trinajstić information content (AvgIpc) is 3.37. The van der Waals surface area contributed by atoms with Gasteiger partial charge in [-0.15, -0.1) is 0 Å². The number of aromatic nitrogens is 6. The van der Waals surface area contributed by atoms with Crippen LogP contribution in [0.5, 0.6) is 0 Å². The molecule has 1 aliphatic heterocycles. The predicted molar refractivity (Wildman–Crippen MR) is 99.7 cm³/mol. The van der Waals surface area contributed by atoms with Crippen molar-refractivity contribution in [1.82, 2.24) is 34.4 Å². The van der Waals surface area contributed by atoms with Gasteiger partial charge in [-0.2, -0.15) is 10.2 Å². The van der Waals surface area contributed by atoms with E-state index in [1.165, 1.54) is 0 Å². The highest BCUT2D eigenvalue weighted by molar-refractivity contribution is 5.74. The molecule has 0 radical (unpaired) electrons. The van der Waals surface area contributed by atoms with Crippen LogP contribution in [-0.4, -0.2) is 46.1 Å². The van der Waals surface area contributed by atoms with Gasteiger partial charge in [0.1, 0.15) is 11.9 Å². The zero-order chi connectivity index (χ0) is 18.4. The van der Waals surface area contributed by atoms with Gasteiger partial charge in [0.2, 0.25) is 0 Å². The molecule has 4 aromatic rings. The molecule has 1 aromatic carbocycles. The quantitative estimate of drug-likeness (QED) is 0.575. The number of aliphatic hydroxyl groups is 1. The fourth-order valence-corrected chi connectivity index (χ4v) is 3.71. The Morgan fingerprint density at radius 3 is 2.93 bits per heavy atom. The summed E-state index contributed by atoms with van der Waals surface area (Å²) in [5.41, 5.74) is 4.57. The zero-order valence-electron chi connectivity index (χ0n) is 15.1. The van der Waals surface area contributed by atoms with Crippen molar-refractivity contribution in [2.75, 3.05) is 6.54 Å². The van der Waals surface area contributed by atoms with Gasteiger partial charge in [-0.3, -0.25) is 14.3 Å². The van der Waals surface area contributed by atoms with Gasteiger partial charge in [0.05, 0.1) is 41.2 Å². The molecule has 0 bridgehead atoms. The predicted octanol–water partition coefficient (Wildman–Crippen LogP) is 1.59. The van der Waals surface area contributed by atoms with Crippen molar-refractivity contribution < 1.29 is 5.11 Å². The third-order valence-corrected chi connectivity index (χ3v) is 5.13. The van der Waals surface area contributed by atoms with Crippen LogP contribution in [0.2, 0.25) is 0 Å². The van der Waals surface area contributed by atoms with Crippen LogP contribution < -0.4 is 0 Å². The first-order chi connectivity index (χ1) is 13.2. The topological polar surface area (TPSA) is 87.8 Å². The number of aryl methyl sites for hydroxylation is 1. The second kappa shape index (κ2) is 6.33. The molecule has 0 unspecified atom stereocenters. The lowest BCUT2D eigenvalue weighted by Gasteiger charge is -2.26. The van der Waals surface area contributed by atoms with Crippen molar-refractivity contribution in [3.8, 4) is 0 Å². The molecular weight excluding hydrogens is 342 g/mol. The summed E-state index contributed by atoms with van der Waals surface area (Å²) < 4.78 is 3.67. The molecule has 1 aliphatic rings. The Balaban J connectivity index is 1.34. The van der Waals surface area contributed by atoms with Crippen molar-refractivity contribution in [2.45, 2.75) is 25.7 Å². The van der Waals surface area contributed by atoms with Crippen LogP contribution in [0.4, 0.5) is 0 Å². The number of aromatic amines is 1. The minimum atomic E-state index is -0.764. The maximum Gasteiger partial charge on any atom is 0.139 e. The summed E-state index contributed by atoms with van der Waals surface area (Å²) in [6.45, 7) is 3.24. The summed E-state index contributed by atoms with van der Waals surface area (Å²) >= 11 is 0. The Kier molecular flexibility index (Phi) is 3.80. The first-order valence-electron chi connectivity index (χ1n) is 9.06. The summed E-state index contributed by atoms with van der Waals surface area (Å²) in [6, 6.07) is 11.9. The standard InChI is InChI=1S/C19H21N7O/c1-24-17(6-7-20-24)19(27)16-10-13-11-25(8-9-26(13)23-16)12-18-21-14-4-2-3-5-15(14)22-18/h2-7,10,19,27H,8-9,11-12H2,1H3,(H,21,22)/t19-/m0/s1. The molecule has 0 saturated heterocycles. The minimum absolute atomic E-state index is 0.666. The van der Waals surface area contributed by atoms with Gasteiger partial charge < -0.3 is 10.1 Å². The molecule has 0 spiro atoms. The maximum absolute atomic E-state index is 10.6. The van der Waals surface area contributed by atoms with Crippen molar-refractivity contribution in [3.05, 3.63) is 65.5 Å². The number of hydrogen-bond acceptors (Lipinski definition) is 5. The van der Waals surface area contributed by atoms with Gasteiger partial charge in [-0.05, 0) is 24.3 Å². The van der Waals surface area contributed by atoms with Crippen LogP contribution in [0, 0.1) is 0 Å². The molecular formula is C19H21N7O. The van der Waals surface area contributed by atoms with E-state index in [0.29, 0.717) is 5.69 Å². The van der Waals surface area contributed by atoms with Crippen LogP contribution in [0.25, 0.3) is 11.0 Å². The zero-order valence-corrected chi connectivity index (χ0v) is 15.1. The number of hydrogen-bond donors (Lipinski definition) is 2.